The van der Waals surface area contributed by atoms with E-state index >= 15 is 0 Å². The number of hydrogen-bond donors (Lipinski definition) is 1. The molecule has 1 N–H and O–H groups in total. The molecule has 1 rings (SSSR count). The van der Waals surface area contributed by atoms with E-state index in [1.54, 1.807) is 7.11 Å². The van der Waals surface area contributed by atoms with Gasteiger partial charge >= 0.3 is 0 Å². The molecule has 1 aromatic heterocycles. The Kier molecular flexibility index (Phi) is 7.56. The number of methoxy groups -OCH3 is 1. The number of aryl methyl sites for hydroxylation is 2. The average Bonchev–Trinajstić information content (AvgIpc) is 2.70. The van der Waals surface area contributed by atoms with E-state index in [-0.39, 0.29) is 0 Å². The third-order valence-corrected chi connectivity index (χ3v) is 3.26. The molecular formula is C15H29N3O. The van der Waals surface area contributed by atoms with Crippen molar-refractivity contribution in [3.8, 4) is 0 Å². The highest BCUT2D eigenvalue weighted by Crippen LogP contribution is 2.13. The van der Waals surface area contributed by atoms with Gasteiger partial charge in [0.2, 0.25) is 5.95 Å². The summed E-state index contributed by atoms with van der Waals surface area (Å²) in [5, 5.41) is 3.53. The lowest BCUT2D eigenvalue weighted by Gasteiger charge is -2.15. The number of imidazole rings is 1. The van der Waals surface area contributed by atoms with Gasteiger partial charge in [0.05, 0.1) is 5.69 Å². The fourth-order valence-corrected chi connectivity index (χ4v) is 2.20. The molecule has 0 fully saturated rings. The molecule has 0 saturated carbocycles. The molecule has 4 heteroatoms. The zero-order valence-electron chi connectivity index (χ0n) is 12.9. The fraction of sp³-hybridized carbons (Fsp3) is 0.800. The molecular weight excluding hydrogens is 238 g/mol. The number of anilines is 1. The van der Waals surface area contributed by atoms with E-state index in [0.29, 0.717) is 6.04 Å². The maximum absolute atomic E-state index is 5.10. The molecule has 0 radical (unpaired) electrons. The van der Waals surface area contributed by atoms with E-state index in [9.17, 15) is 0 Å². The predicted octanol–water partition coefficient (Wildman–Crippen LogP) is 3.61. The van der Waals surface area contributed by atoms with Crippen LogP contribution in [-0.4, -0.2) is 29.3 Å². The van der Waals surface area contributed by atoms with Gasteiger partial charge in [-0.2, -0.15) is 0 Å². The molecule has 0 aliphatic carbocycles. The highest BCUT2D eigenvalue weighted by atomic mass is 16.5. The minimum Gasteiger partial charge on any atom is -0.385 e. The normalized spacial score (nSPS) is 12.6. The number of hydrogen-bond acceptors (Lipinski definition) is 3. The van der Waals surface area contributed by atoms with Crippen LogP contribution < -0.4 is 5.32 Å². The maximum atomic E-state index is 5.10. The summed E-state index contributed by atoms with van der Waals surface area (Å²) in [6.45, 7) is 8.27. The Balaban J connectivity index is 2.46. The molecule has 110 valence electrons. The lowest BCUT2D eigenvalue weighted by Crippen LogP contribution is -2.18. The molecule has 0 aliphatic heterocycles. The summed E-state index contributed by atoms with van der Waals surface area (Å²) in [4.78, 5) is 4.57. The van der Waals surface area contributed by atoms with Gasteiger partial charge in [-0.05, 0) is 26.7 Å². The first-order valence-corrected chi connectivity index (χ1v) is 7.46. The topological polar surface area (TPSA) is 39.1 Å². The van der Waals surface area contributed by atoms with Gasteiger partial charge in [-0.25, -0.2) is 4.98 Å². The Morgan fingerprint density at radius 2 is 2.16 bits per heavy atom. The summed E-state index contributed by atoms with van der Waals surface area (Å²) in [6, 6.07) is 0.481. The molecule has 4 nitrogen and oxygen atoms in total. The van der Waals surface area contributed by atoms with E-state index in [0.717, 1.165) is 31.2 Å². The molecule has 0 amide bonds. The minimum atomic E-state index is 0.481. The van der Waals surface area contributed by atoms with Gasteiger partial charge in [0.1, 0.15) is 0 Å². The van der Waals surface area contributed by atoms with Crippen LogP contribution in [-0.2, 0) is 11.3 Å². The predicted molar refractivity (Wildman–Crippen MR) is 80.7 cm³/mol. The third-order valence-electron chi connectivity index (χ3n) is 3.26. The van der Waals surface area contributed by atoms with Crippen molar-refractivity contribution in [2.45, 2.75) is 65.5 Å². The highest BCUT2D eigenvalue weighted by molar-refractivity contribution is 5.29. The third kappa shape index (κ3) is 6.10. The van der Waals surface area contributed by atoms with Gasteiger partial charge in [0.25, 0.3) is 0 Å². The Bertz CT molecular complexity index is 349. The zero-order valence-corrected chi connectivity index (χ0v) is 12.9. The molecule has 1 atom stereocenters. The second kappa shape index (κ2) is 8.97. The molecule has 1 heterocycles. The Hall–Kier alpha value is -1.03. The summed E-state index contributed by atoms with van der Waals surface area (Å²) in [5.74, 6) is 0.998. The molecule has 0 saturated heterocycles. The van der Waals surface area contributed by atoms with Crippen LogP contribution in [0.25, 0.3) is 0 Å². The quantitative estimate of drug-likeness (QED) is 0.658. The van der Waals surface area contributed by atoms with Crippen molar-refractivity contribution in [1.82, 2.24) is 9.55 Å². The van der Waals surface area contributed by atoms with Crippen LogP contribution in [0.15, 0.2) is 6.20 Å². The van der Waals surface area contributed by atoms with Crippen molar-refractivity contribution in [1.29, 1.82) is 0 Å². The van der Waals surface area contributed by atoms with Gasteiger partial charge < -0.3 is 14.6 Å². The fourth-order valence-electron chi connectivity index (χ4n) is 2.20. The maximum Gasteiger partial charge on any atom is 0.203 e. The van der Waals surface area contributed by atoms with Crippen molar-refractivity contribution in [2.75, 3.05) is 19.0 Å². The summed E-state index contributed by atoms with van der Waals surface area (Å²) >= 11 is 0. The van der Waals surface area contributed by atoms with Gasteiger partial charge in [0.15, 0.2) is 0 Å². The molecule has 1 unspecified atom stereocenters. The molecule has 0 aromatic carbocycles. The van der Waals surface area contributed by atoms with E-state index in [2.05, 4.69) is 34.9 Å². The first kappa shape index (κ1) is 16.0. The van der Waals surface area contributed by atoms with Gasteiger partial charge in [-0.1, -0.05) is 26.2 Å². The largest absolute Gasteiger partial charge is 0.385 e. The summed E-state index contributed by atoms with van der Waals surface area (Å²) in [6.07, 6.45) is 8.21. The van der Waals surface area contributed by atoms with Crippen LogP contribution in [0.1, 0.15) is 51.6 Å². The molecule has 0 spiro atoms. The number of rotatable bonds is 10. The molecule has 0 aliphatic rings. The standard InChI is InChI=1S/C15H29N3O/c1-5-6-7-9-13(2)16-15-17-14(3)12-18(15)10-8-11-19-4/h12-13H,5-11H2,1-4H3,(H,16,17). The summed E-state index contributed by atoms with van der Waals surface area (Å²) < 4.78 is 7.30. The van der Waals surface area contributed by atoms with E-state index in [4.69, 9.17) is 4.74 Å². The van der Waals surface area contributed by atoms with E-state index in [1.807, 2.05) is 6.92 Å². The van der Waals surface area contributed by atoms with Crippen LogP contribution in [0.2, 0.25) is 0 Å². The van der Waals surface area contributed by atoms with Gasteiger partial charge in [-0.3, -0.25) is 0 Å². The van der Waals surface area contributed by atoms with Crippen molar-refractivity contribution < 1.29 is 4.74 Å². The number of nitrogens with zero attached hydrogens (tertiary/aromatic N) is 2. The van der Waals surface area contributed by atoms with Gasteiger partial charge in [0, 0.05) is 32.5 Å². The second-order valence-electron chi connectivity index (χ2n) is 5.29. The minimum absolute atomic E-state index is 0.481. The summed E-state index contributed by atoms with van der Waals surface area (Å²) in [5.41, 5.74) is 1.07. The lowest BCUT2D eigenvalue weighted by atomic mass is 10.1. The van der Waals surface area contributed by atoms with Crippen LogP contribution in [0.3, 0.4) is 0 Å². The monoisotopic (exact) mass is 267 g/mol. The van der Waals surface area contributed by atoms with Crippen molar-refractivity contribution in [3.63, 3.8) is 0 Å². The zero-order chi connectivity index (χ0) is 14.1. The first-order chi connectivity index (χ1) is 9.17. The highest BCUT2D eigenvalue weighted by Gasteiger charge is 2.08. The number of unbranched alkanes of at least 4 members (excludes halogenated alkanes) is 2. The smallest absolute Gasteiger partial charge is 0.203 e. The van der Waals surface area contributed by atoms with Gasteiger partial charge in [-0.15, -0.1) is 0 Å². The Morgan fingerprint density at radius 3 is 2.84 bits per heavy atom. The average molecular weight is 267 g/mol. The van der Waals surface area contributed by atoms with E-state index in [1.165, 1.54) is 25.7 Å². The number of nitrogens with one attached hydrogen (secondary N) is 1. The van der Waals surface area contributed by atoms with Crippen molar-refractivity contribution in [3.05, 3.63) is 11.9 Å². The summed E-state index contributed by atoms with van der Waals surface area (Å²) in [7, 11) is 1.74. The van der Waals surface area contributed by atoms with E-state index < -0.39 is 0 Å². The Labute approximate surface area is 117 Å². The molecule has 19 heavy (non-hydrogen) atoms. The van der Waals surface area contributed by atoms with Crippen molar-refractivity contribution in [2.24, 2.45) is 0 Å². The van der Waals surface area contributed by atoms with Crippen molar-refractivity contribution >= 4 is 5.95 Å². The number of ether oxygens (including phenoxy) is 1. The second-order valence-corrected chi connectivity index (χ2v) is 5.29. The van der Waals surface area contributed by atoms with Crippen LogP contribution in [0.4, 0.5) is 5.95 Å². The van der Waals surface area contributed by atoms with Crippen LogP contribution >= 0.6 is 0 Å². The van der Waals surface area contributed by atoms with Crippen LogP contribution in [0.5, 0.6) is 0 Å². The Morgan fingerprint density at radius 1 is 1.37 bits per heavy atom. The molecule has 1 aromatic rings. The van der Waals surface area contributed by atoms with Crippen LogP contribution in [0, 0.1) is 6.92 Å². The SMILES string of the molecule is CCCCCC(C)Nc1nc(C)cn1CCCOC. The number of aromatic nitrogens is 2. The lowest BCUT2D eigenvalue weighted by molar-refractivity contribution is 0.190. The molecule has 0 bridgehead atoms. The first-order valence-electron chi connectivity index (χ1n) is 7.46.